The standard InChI is InChI=1S/C18H19N3O2/c1-3-9-23-17-10-14-15(11-16(17)22-2)19-12-20-18(14)21-13-7-5-4-6-8-13/h4-8,10-12H,3,9H2,1-2H3,(H,19,20,21). The van der Waals surface area contributed by atoms with Gasteiger partial charge in [-0.25, -0.2) is 9.97 Å². The second kappa shape index (κ2) is 6.96. The summed E-state index contributed by atoms with van der Waals surface area (Å²) < 4.78 is 11.2. The molecule has 1 N–H and O–H groups in total. The largest absolute Gasteiger partial charge is 0.493 e. The number of hydrogen-bond donors (Lipinski definition) is 1. The third-order valence-electron chi connectivity index (χ3n) is 3.42. The Hall–Kier alpha value is -2.82. The van der Waals surface area contributed by atoms with Crippen LogP contribution in [0.1, 0.15) is 13.3 Å². The van der Waals surface area contributed by atoms with Crippen LogP contribution >= 0.6 is 0 Å². The molecule has 23 heavy (non-hydrogen) atoms. The number of methoxy groups -OCH3 is 1. The third kappa shape index (κ3) is 3.34. The van der Waals surface area contributed by atoms with Gasteiger partial charge in [-0.2, -0.15) is 0 Å². The quantitative estimate of drug-likeness (QED) is 0.740. The van der Waals surface area contributed by atoms with E-state index in [9.17, 15) is 0 Å². The molecule has 3 rings (SSSR count). The van der Waals surface area contributed by atoms with E-state index in [1.54, 1.807) is 13.4 Å². The topological polar surface area (TPSA) is 56.3 Å². The molecule has 0 saturated heterocycles. The average molecular weight is 309 g/mol. The normalized spacial score (nSPS) is 10.5. The molecule has 0 aliphatic heterocycles. The number of nitrogens with one attached hydrogen (secondary N) is 1. The fourth-order valence-electron chi connectivity index (χ4n) is 2.31. The van der Waals surface area contributed by atoms with Crippen LogP contribution in [0.3, 0.4) is 0 Å². The lowest BCUT2D eigenvalue weighted by atomic mass is 10.2. The van der Waals surface area contributed by atoms with Gasteiger partial charge in [0, 0.05) is 17.1 Å². The van der Waals surface area contributed by atoms with Crippen LogP contribution in [0, 0.1) is 0 Å². The molecular weight excluding hydrogens is 290 g/mol. The molecule has 0 atom stereocenters. The van der Waals surface area contributed by atoms with Gasteiger partial charge in [0.1, 0.15) is 12.1 Å². The molecule has 0 spiro atoms. The molecule has 1 aromatic heterocycles. The van der Waals surface area contributed by atoms with Gasteiger partial charge in [0.05, 0.1) is 19.2 Å². The molecule has 0 aliphatic rings. The molecule has 0 unspecified atom stereocenters. The lowest BCUT2D eigenvalue weighted by Gasteiger charge is -2.13. The van der Waals surface area contributed by atoms with Gasteiger partial charge in [0.15, 0.2) is 11.5 Å². The van der Waals surface area contributed by atoms with Gasteiger partial charge in [-0.05, 0) is 24.6 Å². The highest BCUT2D eigenvalue weighted by Gasteiger charge is 2.11. The number of aromatic nitrogens is 2. The Balaban J connectivity index is 2.04. The number of hydrogen-bond acceptors (Lipinski definition) is 5. The lowest BCUT2D eigenvalue weighted by Crippen LogP contribution is -2.00. The van der Waals surface area contributed by atoms with Crippen LogP contribution in [0.15, 0.2) is 48.8 Å². The molecule has 0 amide bonds. The molecule has 0 saturated carbocycles. The van der Waals surface area contributed by atoms with Crippen LogP contribution < -0.4 is 14.8 Å². The first kappa shape index (κ1) is 15.1. The van der Waals surface area contributed by atoms with Crippen molar-refractivity contribution in [2.75, 3.05) is 19.0 Å². The summed E-state index contributed by atoms with van der Waals surface area (Å²) in [6, 6.07) is 13.7. The molecule has 3 aromatic rings. The van der Waals surface area contributed by atoms with E-state index in [1.165, 1.54) is 0 Å². The fourth-order valence-corrected chi connectivity index (χ4v) is 2.31. The monoisotopic (exact) mass is 309 g/mol. The van der Waals surface area contributed by atoms with Crippen LogP contribution in [0.2, 0.25) is 0 Å². The third-order valence-corrected chi connectivity index (χ3v) is 3.42. The minimum atomic E-state index is 0.636. The Morgan fingerprint density at radius 2 is 1.87 bits per heavy atom. The molecule has 5 nitrogen and oxygen atoms in total. The minimum Gasteiger partial charge on any atom is -0.493 e. The summed E-state index contributed by atoms with van der Waals surface area (Å²) in [6.07, 6.45) is 2.47. The van der Waals surface area contributed by atoms with Crippen molar-refractivity contribution in [1.82, 2.24) is 9.97 Å². The van der Waals surface area contributed by atoms with Crippen LogP contribution in [-0.4, -0.2) is 23.7 Å². The van der Waals surface area contributed by atoms with E-state index < -0.39 is 0 Å². The second-order valence-corrected chi connectivity index (χ2v) is 5.08. The fraction of sp³-hybridized carbons (Fsp3) is 0.222. The molecule has 0 fully saturated rings. The van der Waals surface area contributed by atoms with Gasteiger partial charge in [-0.15, -0.1) is 0 Å². The Morgan fingerprint density at radius 3 is 2.61 bits per heavy atom. The van der Waals surface area contributed by atoms with Crippen molar-refractivity contribution in [3.8, 4) is 11.5 Å². The smallest absolute Gasteiger partial charge is 0.162 e. The van der Waals surface area contributed by atoms with E-state index >= 15 is 0 Å². The first-order valence-electron chi connectivity index (χ1n) is 7.59. The Labute approximate surface area is 135 Å². The van der Waals surface area contributed by atoms with E-state index in [0.717, 1.165) is 28.8 Å². The second-order valence-electron chi connectivity index (χ2n) is 5.08. The number of nitrogens with zero attached hydrogens (tertiary/aromatic N) is 2. The van der Waals surface area contributed by atoms with Crippen LogP contribution in [0.25, 0.3) is 10.9 Å². The van der Waals surface area contributed by atoms with E-state index in [4.69, 9.17) is 9.47 Å². The van der Waals surface area contributed by atoms with Crippen molar-refractivity contribution >= 4 is 22.4 Å². The van der Waals surface area contributed by atoms with Crippen molar-refractivity contribution < 1.29 is 9.47 Å². The summed E-state index contributed by atoms with van der Waals surface area (Å²) in [5.74, 6) is 2.12. The predicted molar refractivity (Wildman–Crippen MR) is 91.6 cm³/mol. The SMILES string of the molecule is CCCOc1cc2c(Nc3ccccc3)ncnc2cc1OC. The molecule has 2 aromatic carbocycles. The summed E-state index contributed by atoms with van der Waals surface area (Å²) in [6.45, 7) is 2.70. The van der Waals surface area contributed by atoms with Crippen molar-refractivity contribution in [2.24, 2.45) is 0 Å². The molecule has 1 heterocycles. The van der Waals surface area contributed by atoms with Crippen molar-refractivity contribution in [3.05, 3.63) is 48.8 Å². The Bertz CT molecular complexity index is 791. The van der Waals surface area contributed by atoms with Gasteiger partial charge < -0.3 is 14.8 Å². The van der Waals surface area contributed by atoms with Crippen LogP contribution in [-0.2, 0) is 0 Å². The highest BCUT2D eigenvalue weighted by molar-refractivity contribution is 5.93. The number of rotatable bonds is 6. The van der Waals surface area contributed by atoms with Crippen LogP contribution in [0.4, 0.5) is 11.5 Å². The van der Waals surface area contributed by atoms with E-state index in [-0.39, 0.29) is 0 Å². The Morgan fingerprint density at radius 1 is 1.04 bits per heavy atom. The molecule has 0 aliphatic carbocycles. The summed E-state index contributed by atoms with van der Waals surface area (Å²) in [5, 5.41) is 4.21. The van der Waals surface area contributed by atoms with Crippen molar-refractivity contribution in [2.45, 2.75) is 13.3 Å². The zero-order valence-electron chi connectivity index (χ0n) is 13.2. The van der Waals surface area contributed by atoms with Gasteiger partial charge in [0.25, 0.3) is 0 Å². The summed E-state index contributed by atoms with van der Waals surface area (Å²) in [5.41, 5.74) is 1.78. The first-order chi connectivity index (χ1) is 11.3. The zero-order valence-corrected chi connectivity index (χ0v) is 13.2. The molecule has 0 bridgehead atoms. The lowest BCUT2D eigenvalue weighted by molar-refractivity contribution is 0.295. The van der Waals surface area contributed by atoms with Crippen LogP contribution in [0.5, 0.6) is 11.5 Å². The number of anilines is 2. The van der Waals surface area contributed by atoms with Crippen molar-refractivity contribution in [3.63, 3.8) is 0 Å². The molecule has 5 heteroatoms. The molecular formula is C18H19N3O2. The van der Waals surface area contributed by atoms with E-state index in [1.807, 2.05) is 42.5 Å². The zero-order chi connectivity index (χ0) is 16.1. The number of fused-ring (bicyclic) bond motifs is 1. The Kier molecular flexibility index (Phi) is 4.57. The highest BCUT2D eigenvalue weighted by Crippen LogP contribution is 2.34. The van der Waals surface area contributed by atoms with E-state index in [2.05, 4.69) is 22.2 Å². The molecule has 0 radical (unpaired) electrons. The maximum Gasteiger partial charge on any atom is 0.162 e. The van der Waals surface area contributed by atoms with E-state index in [0.29, 0.717) is 18.1 Å². The maximum absolute atomic E-state index is 5.78. The van der Waals surface area contributed by atoms with Gasteiger partial charge >= 0.3 is 0 Å². The number of ether oxygens (including phenoxy) is 2. The number of para-hydroxylation sites is 1. The maximum atomic E-state index is 5.78. The summed E-state index contributed by atoms with van der Waals surface area (Å²) in [4.78, 5) is 8.69. The molecule has 118 valence electrons. The van der Waals surface area contributed by atoms with Gasteiger partial charge in [-0.1, -0.05) is 25.1 Å². The average Bonchev–Trinajstić information content (AvgIpc) is 2.60. The minimum absolute atomic E-state index is 0.636. The number of benzene rings is 2. The highest BCUT2D eigenvalue weighted by atomic mass is 16.5. The predicted octanol–water partition coefficient (Wildman–Crippen LogP) is 4.17. The van der Waals surface area contributed by atoms with Gasteiger partial charge in [0.2, 0.25) is 0 Å². The first-order valence-corrected chi connectivity index (χ1v) is 7.59. The summed E-state index contributed by atoms with van der Waals surface area (Å²) in [7, 11) is 1.63. The van der Waals surface area contributed by atoms with Crippen molar-refractivity contribution in [1.29, 1.82) is 0 Å². The van der Waals surface area contributed by atoms with Gasteiger partial charge in [-0.3, -0.25) is 0 Å². The summed E-state index contributed by atoms with van der Waals surface area (Å²) >= 11 is 0.